The van der Waals surface area contributed by atoms with Crippen LogP contribution in [0.1, 0.15) is 32.6 Å². The van der Waals surface area contributed by atoms with Gasteiger partial charge in [-0.25, -0.2) is 4.98 Å². The minimum absolute atomic E-state index is 0.0851. The van der Waals surface area contributed by atoms with E-state index in [1.54, 1.807) is 18.0 Å². The summed E-state index contributed by atoms with van der Waals surface area (Å²) in [4.78, 5) is 21.8. The lowest BCUT2D eigenvalue weighted by atomic mass is 10.1. The molecule has 0 saturated carbocycles. The average molecular weight is 513 g/mol. The van der Waals surface area contributed by atoms with Crippen molar-refractivity contribution < 1.29 is 4.79 Å². The fraction of sp³-hybridized carbons (Fsp3) is 0.138. The number of halogens is 1. The van der Waals surface area contributed by atoms with Crippen molar-refractivity contribution in [2.24, 2.45) is 0 Å². The van der Waals surface area contributed by atoms with Gasteiger partial charge in [0.25, 0.3) is 5.91 Å². The minimum Gasteiger partial charge on any atom is -0.348 e. The van der Waals surface area contributed by atoms with Crippen molar-refractivity contribution in [3.8, 4) is 0 Å². The number of rotatable bonds is 8. The molecule has 1 N–H and O–H groups in total. The molecule has 0 atom stereocenters. The van der Waals surface area contributed by atoms with Crippen LogP contribution in [0.3, 0.4) is 0 Å². The maximum atomic E-state index is 12.7. The van der Waals surface area contributed by atoms with Crippen LogP contribution in [0, 0.1) is 6.92 Å². The van der Waals surface area contributed by atoms with Gasteiger partial charge in [-0.15, -0.1) is 0 Å². The number of imidazole rings is 1. The first-order valence-electron chi connectivity index (χ1n) is 11.7. The summed E-state index contributed by atoms with van der Waals surface area (Å²) in [5.74, 6) is 0.634. The van der Waals surface area contributed by atoms with Gasteiger partial charge < -0.3 is 9.88 Å². The van der Waals surface area contributed by atoms with Gasteiger partial charge in [0.15, 0.2) is 5.16 Å². The lowest BCUT2D eigenvalue weighted by Gasteiger charge is -2.11. The average Bonchev–Trinajstić information content (AvgIpc) is 3.25. The molecule has 0 bridgehead atoms. The number of hydrogen-bond acceptors (Lipinski definition) is 4. The number of pyridine rings is 1. The Labute approximate surface area is 219 Å². The number of carbonyl (C=O) groups is 1. The van der Waals surface area contributed by atoms with E-state index in [0.717, 1.165) is 43.7 Å². The van der Waals surface area contributed by atoms with E-state index in [1.165, 1.54) is 5.56 Å². The Kier molecular flexibility index (Phi) is 7.35. The van der Waals surface area contributed by atoms with Crippen molar-refractivity contribution >= 4 is 40.3 Å². The molecule has 5 nitrogen and oxygen atoms in total. The summed E-state index contributed by atoms with van der Waals surface area (Å²) < 4.78 is 2.16. The molecule has 2 aromatic heterocycles. The highest BCUT2D eigenvalue weighted by Crippen LogP contribution is 2.29. The molecule has 2 heterocycles. The maximum absolute atomic E-state index is 12.7. The topological polar surface area (TPSA) is 59.8 Å². The van der Waals surface area contributed by atoms with Gasteiger partial charge >= 0.3 is 0 Å². The van der Waals surface area contributed by atoms with E-state index in [9.17, 15) is 4.79 Å². The summed E-state index contributed by atoms with van der Waals surface area (Å²) in [5.41, 5.74) is 6.94. The molecule has 5 aromatic rings. The van der Waals surface area contributed by atoms with E-state index in [1.807, 2.05) is 92.0 Å². The van der Waals surface area contributed by atoms with Gasteiger partial charge in [-0.2, -0.15) is 0 Å². The normalized spacial score (nSPS) is 11.1. The number of aryl methyl sites for hydroxylation is 1. The van der Waals surface area contributed by atoms with Gasteiger partial charge in [-0.05, 0) is 53.4 Å². The molecule has 0 unspecified atom stereocenters. The molecule has 3 aromatic carbocycles. The van der Waals surface area contributed by atoms with Gasteiger partial charge in [0, 0.05) is 29.1 Å². The quantitative estimate of drug-likeness (QED) is 0.236. The van der Waals surface area contributed by atoms with Crippen molar-refractivity contribution in [1.29, 1.82) is 0 Å². The van der Waals surface area contributed by atoms with E-state index >= 15 is 0 Å². The standard InChI is InChI=1S/C29H25ClN4OS/c1-20-6-2-3-7-23(20)16-32-28(35)22-12-10-21(11-13-22)18-34-27-17-31-15-14-26(27)33-29(34)36-19-24-8-4-5-9-25(24)30/h2-15,17H,16,18-19H2,1H3,(H,32,35). The Bertz CT molecular complexity index is 1510. The van der Waals surface area contributed by atoms with Gasteiger partial charge in [0.2, 0.25) is 0 Å². The second-order valence-electron chi connectivity index (χ2n) is 8.53. The second kappa shape index (κ2) is 11.0. The van der Waals surface area contributed by atoms with E-state index in [2.05, 4.69) is 14.9 Å². The van der Waals surface area contributed by atoms with Gasteiger partial charge in [0.05, 0.1) is 23.8 Å². The number of hydrogen-bond donors (Lipinski definition) is 1. The molecule has 7 heteroatoms. The zero-order valence-electron chi connectivity index (χ0n) is 19.8. The number of fused-ring (bicyclic) bond motifs is 1. The molecular formula is C29H25ClN4OS. The Hall–Kier alpha value is -3.61. The zero-order valence-corrected chi connectivity index (χ0v) is 21.4. The number of aromatic nitrogens is 3. The van der Waals surface area contributed by atoms with Crippen LogP contribution in [-0.2, 0) is 18.8 Å². The van der Waals surface area contributed by atoms with Crippen LogP contribution in [0.15, 0.2) is 96.4 Å². The molecule has 180 valence electrons. The molecule has 0 fully saturated rings. The second-order valence-corrected chi connectivity index (χ2v) is 9.88. The van der Waals surface area contributed by atoms with Gasteiger partial charge in [-0.3, -0.25) is 9.78 Å². The summed E-state index contributed by atoms with van der Waals surface area (Å²) in [7, 11) is 0. The molecule has 5 rings (SSSR count). The number of benzene rings is 3. The van der Waals surface area contributed by atoms with E-state index in [0.29, 0.717) is 18.7 Å². The van der Waals surface area contributed by atoms with Crippen LogP contribution in [0.25, 0.3) is 11.0 Å². The molecule has 1 amide bonds. The summed E-state index contributed by atoms with van der Waals surface area (Å²) in [6, 6.07) is 25.6. The highest BCUT2D eigenvalue weighted by molar-refractivity contribution is 7.98. The van der Waals surface area contributed by atoms with Gasteiger partial charge in [-0.1, -0.05) is 78.0 Å². The fourth-order valence-corrected chi connectivity index (χ4v) is 5.30. The molecular weight excluding hydrogens is 488 g/mol. The maximum Gasteiger partial charge on any atom is 0.251 e. The molecule has 0 aliphatic carbocycles. The summed E-state index contributed by atoms with van der Waals surface area (Å²) >= 11 is 8.01. The van der Waals surface area contributed by atoms with Crippen LogP contribution in [0.5, 0.6) is 0 Å². The first kappa shape index (κ1) is 24.1. The van der Waals surface area contributed by atoms with Crippen molar-refractivity contribution in [2.75, 3.05) is 0 Å². The van der Waals surface area contributed by atoms with Crippen LogP contribution < -0.4 is 5.32 Å². The lowest BCUT2D eigenvalue weighted by Crippen LogP contribution is -2.23. The first-order chi connectivity index (χ1) is 17.6. The lowest BCUT2D eigenvalue weighted by molar-refractivity contribution is 0.0951. The summed E-state index contributed by atoms with van der Waals surface area (Å²) in [6.07, 6.45) is 3.60. The molecule has 0 saturated heterocycles. The Balaban J connectivity index is 1.31. The number of thioether (sulfide) groups is 1. The Morgan fingerprint density at radius 2 is 1.72 bits per heavy atom. The minimum atomic E-state index is -0.0851. The van der Waals surface area contributed by atoms with Crippen molar-refractivity contribution in [3.05, 3.63) is 124 Å². The van der Waals surface area contributed by atoms with Crippen molar-refractivity contribution in [2.45, 2.75) is 30.9 Å². The largest absolute Gasteiger partial charge is 0.348 e. The number of nitrogens with zero attached hydrogens (tertiary/aromatic N) is 3. The van der Waals surface area contributed by atoms with E-state index < -0.39 is 0 Å². The Morgan fingerprint density at radius 3 is 2.50 bits per heavy atom. The van der Waals surface area contributed by atoms with Crippen LogP contribution in [0.4, 0.5) is 0 Å². The molecule has 0 radical (unpaired) electrons. The molecule has 0 aliphatic rings. The monoisotopic (exact) mass is 512 g/mol. The molecule has 0 spiro atoms. The first-order valence-corrected chi connectivity index (χ1v) is 13.0. The van der Waals surface area contributed by atoms with E-state index in [4.69, 9.17) is 16.6 Å². The predicted octanol–water partition coefficient (Wildman–Crippen LogP) is 6.66. The van der Waals surface area contributed by atoms with Crippen LogP contribution in [0.2, 0.25) is 5.02 Å². The molecule has 0 aliphatic heterocycles. The van der Waals surface area contributed by atoms with Crippen LogP contribution >= 0.6 is 23.4 Å². The Morgan fingerprint density at radius 1 is 0.972 bits per heavy atom. The highest BCUT2D eigenvalue weighted by atomic mass is 35.5. The number of nitrogens with one attached hydrogen (secondary N) is 1. The number of amides is 1. The van der Waals surface area contributed by atoms with Crippen molar-refractivity contribution in [1.82, 2.24) is 19.9 Å². The molecule has 36 heavy (non-hydrogen) atoms. The summed E-state index contributed by atoms with van der Waals surface area (Å²) in [5, 5.41) is 4.67. The number of carbonyl (C=O) groups excluding carboxylic acids is 1. The van der Waals surface area contributed by atoms with E-state index in [-0.39, 0.29) is 5.91 Å². The highest BCUT2D eigenvalue weighted by Gasteiger charge is 2.14. The predicted molar refractivity (Wildman–Crippen MR) is 146 cm³/mol. The van der Waals surface area contributed by atoms with Crippen molar-refractivity contribution in [3.63, 3.8) is 0 Å². The third-order valence-corrected chi connectivity index (χ3v) is 7.48. The third kappa shape index (κ3) is 5.45. The third-order valence-electron chi connectivity index (χ3n) is 6.09. The smallest absolute Gasteiger partial charge is 0.251 e. The SMILES string of the molecule is Cc1ccccc1CNC(=O)c1ccc(Cn2c(SCc3ccccc3Cl)nc3ccncc32)cc1. The van der Waals surface area contributed by atoms with Crippen LogP contribution in [-0.4, -0.2) is 20.4 Å². The summed E-state index contributed by atoms with van der Waals surface area (Å²) in [6.45, 7) is 3.18. The fourth-order valence-electron chi connectivity index (χ4n) is 4.00. The van der Waals surface area contributed by atoms with Gasteiger partial charge in [0.1, 0.15) is 0 Å². The zero-order chi connectivity index (χ0) is 24.9.